The van der Waals surface area contributed by atoms with E-state index in [4.69, 9.17) is 0 Å². The van der Waals surface area contributed by atoms with Crippen molar-refractivity contribution in [3.8, 4) is 0 Å². The highest BCUT2D eigenvalue weighted by Crippen LogP contribution is 2.25. The lowest BCUT2D eigenvalue weighted by Gasteiger charge is -2.15. The minimum Gasteiger partial charge on any atom is -0.355 e. The molecule has 3 rings (SSSR count). The van der Waals surface area contributed by atoms with Crippen molar-refractivity contribution in [1.29, 1.82) is 0 Å². The second-order valence-electron chi connectivity index (χ2n) is 6.29. The summed E-state index contributed by atoms with van der Waals surface area (Å²) in [5.41, 5.74) is 3.38. The summed E-state index contributed by atoms with van der Waals surface area (Å²) in [4.78, 5) is 46.0. The highest BCUT2D eigenvalue weighted by Gasteiger charge is 2.31. The number of carbonyl (C=O) groups excluding carboxylic acids is 2. The fourth-order valence-corrected chi connectivity index (χ4v) is 3.25. The molecule has 7 nitrogen and oxygen atoms in total. The maximum absolute atomic E-state index is 12.9. The fourth-order valence-electron chi connectivity index (χ4n) is 3.25. The zero-order chi connectivity index (χ0) is 17.8. The first-order chi connectivity index (χ1) is 11.2. The first kappa shape index (κ1) is 16.2. The Bertz CT molecular complexity index is 936. The summed E-state index contributed by atoms with van der Waals surface area (Å²) in [5, 5.41) is 0. The predicted molar refractivity (Wildman–Crippen MR) is 88.1 cm³/mol. The van der Waals surface area contributed by atoms with Crippen LogP contribution in [0.4, 0.5) is 0 Å². The Balaban J connectivity index is 1.98. The number of hydrogen-bond acceptors (Lipinski definition) is 4. The number of ketones is 1. The molecule has 3 heterocycles. The van der Waals surface area contributed by atoms with E-state index in [1.165, 1.54) is 11.5 Å². The van der Waals surface area contributed by atoms with Crippen LogP contribution in [-0.2, 0) is 20.1 Å². The Morgan fingerprint density at radius 3 is 2.42 bits per heavy atom. The second-order valence-corrected chi connectivity index (χ2v) is 6.29. The summed E-state index contributed by atoms with van der Waals surface area (Å²) < 4.78 is 1.49. The summed E-state index contributed by atoms with van der Waals surface area (Å²) >= 11 is 0. The normalized spacial score (nSPS) is 13.3. The maximum atomic E-state index is 12.9. The molecule has 0 atom stereocenters. The zero-order valence-corrected chi connectivity index (χ0v) is 14.5. The van der Waals surface area contributed by atoms with Gasteiger partial charge in [-0.3, -0.25) is 19.0 Å². The number of nitrogens with one attached hydrogen (secondary N) is 1. The van der Waals surface area contributed by atoms with Gasteiger partial charge in [-0.25, -0.2) is 4.98 Å². The van der Waals surface area contributed by atoms with Crippen LogP contribution in [0.1, 0.15) is 56.1 Å². The third kappa shape index (κ3) is 2.28. The van der Waals surface area contributed by atoms with E-state index in [1.54, 1.807) is 32.7 Å². The highest BCUT2D eigenvalue weighted by molar-refractivity contribution is 6.02. The Labute approximate surface area is 139 Å². The number of amides is 1. The number of carbonyl (C=O) groups is 2. The Hall–Kier alpha value is -2.70. The smallest absolute Gasteiger partial charge is 0.258 e. The Morgan fingerprint density at radius 1 is 1.17 bits per heavy atom. The van der Waals surface area contributed by atoms with Gasteiger partial charge in [-0.1, -0.05) is 0 Å². The van der Waals surface area contributed by atoms with Gasteiger partial charge in [-0.05, 0) is 26.3 Å². The molecule has 0 unspecified atom stereocenters. The third-order valence-corrected chi connectivity index (χ3v) is 4.67. The van der Waals surface area contributed by atoms with Crippen LogP contribution < -0.4 is 5.56 Å². The van der Waals surface area contributed by atoms with Crippen molar-refractivity contribution >= 4 is 11.7 Å². The third-order valence-electron chi connectivity index (χ3n) is 4.67. The Kier molecular flexibility index (Phi) is 3.66. The molecular formula is C17H20N4O3. The Morgan fingerprint density at radius 2 is 1.83 bits per heavy atom. The van der Waals surface area contributed by atoms with Crippen LogP contribution in [0, 0.1) is 20.8 Å². The number of rotatable bonds is 2. The van der Waals surface area contributed by atoms with Gasteiger partial charge in [0, 0.05) is 19.7 Å². The molecule has 24 heavy (non-hydrogen) atoms. The summed E-state index contributed by atoms with van der Waals surface area (Å²) in [5.74, 6) is 0.331. The molecule has 2 aromatic heterocycles. The molecule has 7 heteroatoms. The van der Waals surface area contributed by atoms with Gasteiger partial charge in [-0.2, -0.15) is 0 Å². The number of aromatic amines is 1. The highest BCUT2D eigenvalue weighted by atomic mass is 16.2. The molecule has 0 radical (unpaired) electrons. The van der Waals surface area contributed by atoms with E-state index in [-0.39, 0.29) is 23.8 Å². The van der Waals surface area contributed by atoms with Gasteiger partial charge >= 0.3 is 0 Å². The number of hydrogen-bond donors (Lipinski definition) is 1. The van der Waals surface area contributed by atoms with Gasteiger partial charge in [0.15, 0.2) is 5.78 Å². The van der Waals surface area contributed by atoms with Crippen LogP contribution in [-0.4, -0.2) is 31.1 Å². The maximum Gasteiger partial charge on any atom is 0.258 e. The molecule has 1 amide bonds. The van der Waals surface area contributed by atoms with Crippen molar-refractivity contribution in [3.63, 3.8) is 0 Å². The lowest BCUT2D eigenvalue weighted by atomic mass is 10.1. The van der Waals surface area contributed by atoms with E-state index >= 15 is 0 Å². The molecule has 0 saturated carbocycles. The summed E-state index contributed by atoms with van der Waals surface area (Å²) in [7, 11) is 1.68. The SMILES string of the molecule is CC(=O)c1[nH]c(C)c(C(=O)N2Cc3nc(C)n(C)c(=O)c3C2)c1C. The first-order valence-electron chi connectivity index (χ1n) is 7.77. The van der Waals surface area contributed by atoms with Gasteiger partial charge in [0.25, 0.3) is 11.5 Å². The number of fused-ring (bicyclic) bond motifs is 1. The second kappa shape index (κ2) is 5.43. The number of aromatic nitrogens is 3. The van der Waals surface area contributed by atoms with Crippen molar-refractivity contribution in [2.75, 3.05) is 0 Å². The molecular weight excluding hydrogens is 308 g/mol. The molecule has 1 aliphatic rings. The van der Waals surface area contributed by atoms with Crippen LogP contribution in [0.15, 0.2) is 4.79 Å². The number of Topliss-reactive ketones (excluding diaryl/α,β-unsaturated/α-hetero) is 1. The molecule has 2 aromatic rings. The summed E-state index contributed by atoms with van der Waals surface area (Å²) in [6.07, 6.45) is 0. The molecule has 1 N–H and O–H groups in total. The fraction of sp³-hybridized carbons (Fsp3) is 0.412. The van der Waals surface area contributed by atoms with Crippen LogP contribution in [0.25, 0.3) is 0 Å². The quantitative estimate of drug-likeness (QED) is 0.844. The summed E-state index contributed by atoms with van der Waals surface area (Å²) in [6, 6.07) is 0. The number of nitrogens with zero attached hydrogens (tertiary/aromatic N) is 3. The predicted octanol–water partition coefficient (Wildman–Crippen LogP) is 1.39. The average Bonchev–Trinajstić information content (AvgIpc) is 3.06. The van der Waals surface area contributed by atoms with Crippen LogP contribution >= 0.6 is 0 Å². The molecule has 0 saturated heterocycles. The summed E-state index contributed by atoms with van der Waals surface area (Å²) in [6.45, 7) is 7.33. The average molecular weight is 328 g/mol. The number of aryl methyl sites for hydroxylation is 2. The first-order valence-corrected chi connectivity index (χ1v) is 7.77. The van der Waals surface area contributed by atoms with Crippen molar-refractivity contribution < 1.29 is 9.59 Å². The van der Waals surface area contributed by atoms with E-state index in [0.29, 0.717) is 46.1 Å². The lowest BCUT2D eigenvalue weighted by molar-refractivity contribution is 0.0749. The molecule has 0 aromatic carbocycles. The van der Waals surface area contributed by atoms with Gasteiger partial charge in [0.1, 0.15) is 5.82 Å². The molecule has 126 valence electrons. The minimum atomic E-state index is -0.188. The standard InChI is InChI=1S/C17H20N4O3/c1-8-14(9(2)18-15(8)10(3)22)17(24)21-6-12-13(7-21)19-11(4)20(5)16(12)23/h18H,6-7H2,1-5H3. The van der Waals surface area contributed by atoms with Gasteiger partial charge in [0.2, 0.25) is 0 Å². The van der Waals surface area contributed by atoms with Crippen molar-refractivity contribution in [1.82, 2.24) is 19.4 Å². The van der Waals surface area contributed by atoms with E-state index in [9.17, 15) is 14.4 Å². The van der Waals surface area contributed by atoms with Crippen LogP contribution in [0.5, 0.6) is 0 Å². The van der Waals surface area contributed by atoms with Crippen LogP contribution in [0.3, 0.4) is 0 Å². The van der Waals surface area contributed by atoms with E-state index in [2.05, 4.69) is 9.97 Å². The number of H-pyrrole nitrogens is 1. The van der Waals surface area contributed by atoms with E-state index in [0.717, 1.165) is 0 Å². The topological polar surface area (TPSA) is 88.1 Å². The van der Waals surface area contributed by atoms with Crippen molar-refractivity contribution in [3.05, 3.63) is 50.0 Å². The van der Waals surface area contributed by atoms with Gasteiger partial charge < -0.3 is 9.88 Å². The van der Waals surface area contributed by atoms with E-state index < -0.39 is 0 Å². The molecule has 1 aliphatic heterocycles. The minimum absolute atomic E-state index is 0.106. The lowest BCUT2D eigenvalue weighted by Crippen LogP contribution is -2.28. The molecule has 0 fully saturated rings. The molecule has 0 spiro atoms. The van der Waals surface area contributed by atoms with E-state index in [1.807, 2.05) is 0 Å². The van der Waals surface area contributed by atoms with Crippen molar-refractivity contribution in [2.45, 2.75) is 40.8 Å². The molecule has 0 bridgehead atoms. The van der Waals surface area contributed by atoms with Crippen molar-refractivity contribution in [2.24, 2.45) is 7.05 Å². The van der Waals surface area contributed by atoms with Crippen LogP contribution in [0.2, 0.25) is 0 Å². The largest absolute Gasteiger partial charge is 0.355 e. The van der Waals surface area contributed by atoms with Gasteiger partial charge in [0.05, 0.1) is 35.6 Å². The zero-order valence-electron chi connectivity index (χ0n) is 14.5. The monoisotopic (exact) mass is 328 g/mol. The van der Waals surface area contributed by atoms with Gasteiger partial charge in [-0.15, -0.1) is 0 Å². The molecule has 0 aliphatic carbocycles.